The van der Waals surface area contributed by atoms with Crippen molar-refractivity contribution >= 4 is 0 Å². The van der Waals surface area contributed by atoms with Crippen LogP contribution in [0.1, 0.15) is 65.7 Å². The van der Waals surface area contributed by atoms with Crippen molar-refractivity contribution in [3.8, 4) is 6.07 Å². The summed E-state index contributed by atoms with van der Waals surface area (Å²) < 4.78 is 0. The summed E-state index contributed by atoms with van der Waals surface area (Å²) >= 11 is 0. The lowest BCUT2D eigenvalue weighted by Gasteiger charge is -2.24. The molecule has 1 N–H and O–H groups in total. The van der Waals surface area contributed by atoms with Crippen molar-refractivity contribution in [1.82, 2.24) is 10.2 Å². The van der Waals surface area contributed by atoms with E-state index in [0.29, 0.717) is 0 Å². The Morgan fingerprint density at radius 1 is 1.00 bits per heavy atom. The molecule has 112 valence electrons. The molecular weight excluding hydrogens is 234 g/mol. The van der Waals surface area contributed by atoms with Crippen molar-refractivity contribution in [2.75, 3.05) is 26.7 Å². The number of hydrogen-bond acceptors (Lipinski definition) is 3. The maximum Gasteiger partial charge on any atom is 0.103 e. The minimum atomic E-state index is -0.350. The quantitative estimate of drug-likeness (QED) is 0.550. The third kappa shape index (κ3) is 9.02. The first-order valence-corrected chi connectivity index (χ1v) is 7.94. The van der Waals surface area contributed by atoms with Gasteiger partial charge in [0.15, 0.2) is 0 Å². The average molecular weight is 267 g/mol. The fourth-order valence-electron chi connectivity index (χ4n) is 2.15. The number of hydrogen-bond donors (Lipinski definition) is 1. The van der Waals surface area contributed by atoms with Crippen molar-refractivity contribution in [2.45, 2.75) is 71.3 Å². The molecule has 0 bridgehead atoms. The Bertz CT molecular complexity index is 239. The van der Waals surface area contributed by atoms with E-state index in [9.17, 15) is 0 Å². The normalized spacial score (nSPS) is 14.3. The van der Waals surface area contributed by atoms with Gasteiger partial charge in [0.05, 0.1) is 6.07 Å². The molecular formula is C16H33N3. The number of nitriles is 1. The van der Waals surface area contributed by atoms with E-state index in [2.05, 4.69) is 30.1 Å². The number of rotatable bonds is 12. The van der Waals surface area contributed by atoms with Crippen LogP contribution in [0.15, 0.2) is 0 Å². The Hall–Kier alpha value is -0.590. The molecule has 0 radical (unpaired) electrons. The molecule has 3 heteroatoms. The molecule has 3 nitrogen and oxygen atoms in total. The lowest BCUT2D eigenvalue weighted by Crippen LogP contribution is -2.38. The molecule has 0 fully saturated rings. The first kappa shape index (κ1) is 18.4. The maximum absolute atomic E-state index is 9.10. The van der Waals surface area contributed by atoms with Crippen LogP contribution in [0.3, 0.4) is 0 Å². The van der Waals surface area contributed by atoms with Crippen LogP contribution in [0.2, 0.25) is 0 Å². The molecule has 1 unspecified atom stereocenters. The van der Waals surface area contributed by atoms with Crippen molar-refractivity contribution in [3.63, 3.8) is 0 Å². The lowest BCUT2D eigenvalue weighted by atomic mass is 9.97. The van der Waals surface area contributed by atoms with Gasteiger partial charge in [-0.3, -0.25) is 0 Å². The predicted molar refractivity (Wildman–Crippen MR) is 83.2 cm³/mol. The summed E-state index contributed by atoms with van der Waals surface area (Å²) in [5, 5.41) is 12.2. The van der Waals surface area contributed by atoms with E-state index in [-0.39, 0.29) is 5.54 Å². The molecule has 0 aromatic carbocycles. The molecule has 1 atom stereocenters. The second-order valence-corrected chi connectivity index (χ2v) is 5.70. The second-order valence-electron chi connectivity index (χ2n) is 5.70. The molecule has 0 heterocycles. The Labute approximate surface area is 120 Å². The molecule has 0 aliphatic heterocycles. The Balaban J connectivity index is 3.88. The smallest absolute Gasteiger partial charge is 0.103 e. The van der Waals surface area contributed by atoms with Gasteiger partial charge in [0.2, 0.25) is 0 Å². The van der Waals surface area contributed by atoms with Crippen LogP contribution in [0.5, 0.6) is 0 Å². The Morgan fingerprint density at radius 3 is 1.95 bits per heavy atom. The molecule has 0 spiro atoms. The van der Waals surface area contributed by atoms with E-state index in [0.717, 1.165) is 12.8 Å². The van der Waals surface area contributed by atoms with E-state index in [1.807, 2.05) is 14.0 Å². The van der Waals surface area contributed by atoms with E-state index < -0.39 is 0 Å². The molecule has 19 heavy (non-hydrogen) atoms. The summed E-state index contributed by atoms with van der Waals surface area (Å²) in [6.45, 7) is 10.1. The SMILES string of the molecule is CCCCN(CCCC)CCCCC(C)(C#N)NC. The van der Waals surface area contributed by atoms with Gasteiger partial charge < -0.3 is 10.2 Å². The standard InChI is InChI=1S/C16H33N3/c1-5-7-12-19(13-8-6-2)14-10-9-11-16(3,15-17)18-4/h18H,5-14H2,1-4H3. The number of unbranched alkanes of at least 4 members (excludes halogenated alkanes) is 3. The maximum atomic E-state index is 9.10. The third-order valence-corrected chi connectivity index (χ3v) is 3.86. The Morgan fingerprint density at radius 2 is 1.53 bits per heavy atom. The highest BCUT2D eigenvalue weighted by Gasteiger charge is 2.19. The van der Waals surface area contributed by atoms with Gasteiger partial charge in [-0.25, -0.2) is 0 Å². The summed E-state index contributed by atoms with van der Waals surface area (Å²) in [6.07, 6.45) is 8.41. The van der Waals surface area contributed by atoms with Crippen LogP contribution in [-0.4, -0.2) is 37.1 Å². The van der Waals surface area contributed by atoms with Gasteiger partial charge in [0, 0.05) is 0 Å². The van der Waals surface area contributed by atoms with E-state index in [1.54, 1.807) is 0 Å². The molecule has 0 aromatic heterocycles. The highest BCUT2D eigenvalue weighted by Crippen LogP contribution is 2.13. The molecule has 0 rings (SSSR count). The monoisotopic (exact) mass is 267 g/mol. The first-order chi connectivity index (χ1) is 9.11. The van der Waals surface area contributed by atoms with E-state index in [4.69, 9.17) is 5.26 Å². The van der Waals surface area contributed by atoms with Gasteiger partial charge in [0.1, 0.15) is 5.54 Å². The Kier molecular flexibility index (Phi) is 10.9. The van der Waals surface area contributed by atoms with Crippen molar-refractivity contribution in [2.24, 2.45) is 0 Å². The van der Waals surface area contributed by atoms with Gasteiger partial charge >= 0.3 is 0 Å². The van der Waals surface area contributed by atoms with Crippen LogP contribution in [0, 0.1) is 11.3 Å². The molecule has 0 amide bonds. The molecule has 0 saturated heterocycles. The highest BCUT2D eigenvalue weighted by atomic mass is 15.1. The first-order valence-electron chi connectivity index (χ1n) is 7.94. The summed E-state index contributed by atoms with van der Waals surface area (Å²) in [5.74, 6) is 0. The van der Waals surface area contributed by atoms with Gasteiger partial charge in [0.25, 0.3) is 0 Å². The summed E-state index contributed by atoms with van der Waals surface area (Å²) in [6, 6.07) is 2.36. The fraction of sp³-hybridized carbons (Fsp3) is 0.938. The molecule has 0 aliphatic carbocycles. The largest absolute Gasteiger partial charge is 0.303 e. The van der Waals surface area contributed by atoms with Gasteiger partial charge in [-0.1, -0.05) is 26.7 Å². The number of nitrogens with one attached hydrogen (secondary N) is 1. The van der Waals surface area contributed by atoms with Gasteiger partial charge in [-0.05, 0) is 65.7 Å². The zero-order valence-electron chi connectivity index (χ0n) is 13.5. The molecule has 0 saturated carbocycles. The predicted octanol–water partition coefficient (Wildman–Crippen LogP) is 3.56. The average Bonchev–Trinajstić information content (AvgIpc) is 2.45. The fourth-order valence-corrected chi connectivity index (χ4v) is 2.15. The van der Waals surface area contributed by atoms with Crippen LogP contribution in [0.4, 0.5) is 0 Å². The van der Waals surface area contributed by atoms with Gasteiger partial charge in [-0.2, -0.15) is 5.26 Å². The number of nitrogens with zero attached hydrogens (tertiary/aromatic N) is 2. The van der Waals surface area contributed by atoms with Crippen LogP contribution < -0.4 is 5.32 Å². The van der Waals surface area contributed by atoms with Gasteiger partial charge in [-0.15, -0.1) is 0 Å². The minimum Gasteiger partial charge on any atom is -0.303 e. The molecule has 0 aliphatic rings. The van der Waals surface area contributed by atoms with Crippen molar-refractivity contribution in [1.29, 1.82) is 5.26 Å². The lowest BCUT2D eigenvalue weighted by molar-refractivity contribution is 0.256. The van der Waals surface area contributed by atoms with Crippen LogP contribution in [-0.2, 0) is 0 Å². The van der Waals surface area contributed by atoms with Crippen molar-refractivity contribution < 1.29 is 0 Å². The summed E-state index contributed by atoms with van der Waals surface area (Å²) in [5.41, 5.74) is -0.350. The van der Waals surface area contributed by atoms with Crippen LogP contribution >= 0.6 is 0 Å². The third-order valence-electron chi connectivity index (χ3n) is 3.86. The van der Waals surface area contributed by atoms with E-state index >= 15 is 0 Å². The van der Waals surface area contributed by atoms with Crippen LogP contribution in [0.25, 0.3) is 0 Å². The zero-order valence-corrected chi connectivity index (χ0v) is 13.5. The second kappa shape index (κ2) is 11.3. The zero-order chi connectivity index (χ0) is 14.6. The summed E-state index contributed by atoms with van der Waals surface area (Å²) in [4.78, 5) is 2.59. The van der Waals surface area contributed by atoms with E-state index in [1.165, 1.54) is 51.7 Å². The highest BCUT2D eigenvalue weighted by molar-refractivity contribution is 5.02. The molecule has 0 aromatic rings. The van der Waals surface area contributed by atoms with Crippen molar-refractivity contribution in [3.05, 3.63) is 0 Å². The summed E-state index contributed by atoms with van der Waals surface area (Å²) in [7, 11) is 1.87. The minimum absolute atomic E-state index is 0.350. The topological polar surface area (TPSA) is 39.1 Å².